The Morgan fingerprint density at radius 1 is 1.50 bits per heavy atom. The molecular formula is C19H21F3N2O2. The quantitative estimate of drug-likeness (QED) is 0.617. The molecule has 7 heteroatoms. The first kappa shape index (κ1) is 19.8. The molecule has 0 saturated heterocycles. The Morgan fingerprint density at radius 3 is 2.85 bits per heavy atom. The van der Waals surface area contributed by atoms with E-state index in [1.807, 2.05) is 6.92 Å². The van der Waals surface area contributed by atoms with E-state index in [1.54, 1.807) is 0 Å². The molecule has 0 aliphatic carbocycles. The summed E-state index contributed by atoms with van der Waals surface area (Å²) >= 11 is 0. The monoisotopic (exact) mass is 366 g/mol. The van der Waals surface area contributed by atoms with Gasteiger partial charge in [0.1, 0.15) is 5.82 Å². The molecule has 0 bridgehead atoms. The van der Waals surface area contributed by atoms with E-state index >= 15 is 0 Å². The van der Waals surface area contributed by atoms with Crippen molar-refractivity contribution in [3.05, 3.63) is 35.1 Å². The molecule has 1 aliphatic heterocycles. The van der Waals surface area contributed by atoms with E-state index in [2.05, 4.69) is 15.6 Å². The van der Waals surface area contributed by atoms with Crippen LogP contribution in [0, 0.1) is 24.1 Å². The summed E-state index contributed by atoms with van der Waals surface area (Å²) in [6, 6.07) is 2.95. The van der Waals surface area contributed by atoms with Crippen LogP contribution in [0.15, 0.2) is 23.2 Å². The second-order valence-electron chi connectivity index (χ2n) is 6.69. The normalized spacial score (nSPS) is 22.7. The van der Waals surface area contributed by atoms with E-state index < -0.39 is 35.5 Å². The summed E-state index contributed by atoms with van der Waals surface area (Å²) in [4.78, 5) is 16.0. The van der Waals surface area contributed by atoms with Gasteiger partial charge < -0.3 is 10.5 Å². The van der Waals surface area contributed by atoms with Gasteiger partial charge >= 0.3 is 5.92 Å². The number of ketones is 1. The van der Waals surface area contributed by atoms with Crippen molar-refractivity contribution in [1.82, 2.24) is 0 Å². The molecule has 0 radical (unpaired) electrons. The van der Waals surface area contributed by atoms with Crippen LogP contribution in [0.25, 0.3) is 0 Å². The summed E-state index contributed by atoms with van der Waals surface area (Å²) in [6.07, 6.45) is 6.53. The smallest absolute Gasteiger partial charge is 0.310 e. The number of benzene rings is 1. The van der Waals surface area contributed by atoms with Crippen molar-refractivity contribution in [2.24, 2.45) is 16.6 Å². The first-order valence-corrected chi connectivity index (χ1v) is 8.23. The van der Waals surface area contributed by atoms with E-state index in [1.165, 1.54) is 6.07 Å². The minimum Gasteiger partial charge on any atom is -0.459 e. The van der Waals surface area contributed by atoms with Gasteiger partial charge in [0, 0.05) is 24.0 Å². The van der Waals surface area contributed by atoms with E-state index in [9.17, 15) is 18.0 Å². The number of amidine groups is 1. The molecule has 0 saturated carbocycles. The lowest BCUT2D eigenvalue weighted by atomic mass is 9.83. The van der Waals surface area contributed by atoms with Crippen molar-refractivity contribution in [3.63, 3.8) is 0 Å². The first-order chi connectivity index (χ1) is 12.1. The molecular weight excluding hydrogens is 345 g/mol. The summed E-state index contributed by atoms with van der Waals surface area (Å²) in [5.74, 6) is -1.96. The van der Waals surface area contributed by atoms with Gasteiger partial charge in [-0.3, -0.25) is 4.79 Å². The number of terminal acetylenes is 1. The topological polar surface area (TPSA) is 64.7 Å². The standard InChI is InChI=1S/C19H21F3N2O2/c1-4-5-12(2)6-9-16(25)13-7-8-15(20)14(10-13)18(3)19(21,22)11-26-17(23)24-18/h1,7-8,10,12H,5-6,9,11H2,2-3H3,(H2,23,24)/t12?,18-/m1/s1. The Balaban J connectivity index is 2.34. The molecule has 26 heavy (non-hydrogen) atoms. The molecule has 2 rings (SSSR count). The zero-order valence-corrected chi connectivity index (χ0v) is 14.7. The van der Waals surface area contributed by atoms with Crippen LogP contribution in [-0.4, -0.2) is 24.3 Å². The Bertz CT molecular complexity index is 771. The molecule has 4 nitrogen and oxygen atoms in total. The number of nitrogens with two attached hydrogens (primary N) is 1. The lowest BCUT2D eigenvalue weighted by Crippen LogP contribution is -2.51. The predicted molar refractivity (Wildman–Crippen MR) is 92.5 cm³/mol. The predicted octanol–water partition coefficient (Wildman–Crippen LogP) is 3.64. The van der Waals surface area contributed by atoms with Gasteiger partial charge in [-0.25, -0.2) is 9.38 Å². The third-order valence-electron chi connectivity index (χ3n) is 4.59. The lowest BCUT2D eigenvalue weighted by Gasteiger charge is -2.37. The van der Waals surface area contributed by atoms with Crippen molar-refractivity contribution >= 4 is 11.8 Å². The molecule has 0 amide bonds. The van der Waals surface area contributed by atoms with Crippen LogP contribution in [-0.2, 0) is 10.3 Å². The number of aliphatic imine (C=N–C) groups is 1. The van der Waals surface area contributed by atoms with Gasteiger partial charge in [-0.05, 0) is 37.5 Å². The average Bonchev–Trinajstić information content (AvgIpc) is 2.57. The number of halogens is 3. The molecule has 0 fully saturated rings. The number of hydrogen-bond acceptors (Lipinski definition) is 4. The Labute approximate surface area is 150 Å². The van der Waals surface area contributed by atoms with E-state index in [-0.39, 0.29) is 23.7 Å². The van der Waals surface area contributed by atoms with E-state index in [4.69, 9.17) is 12.2 Å². The average molecular weight is 366 g/mol. The molecule has 140 valence electrons. The van der Waals surface area contributed by atoms with Gasteiger partial charge in [-0.15, -0.1) is 12.3 Å². The van der Waals surface area contributed by atoms with Gasteiger partial charge in [-0.2, -0.15) is 8.78 Å². The van der Waals surface area contributed by atoms with Crippen LogP contribution in [0.2, 0.25) is 0 Å². The number of rotatable bonds is 6. The number of hydrogen-bond donors (Lipinski definition) is 1. The van der Waals surface area contributed by atoms with Crippen LogP contribution in [0.4, 0.5) is 13.2 Å². The highest BCUT2D eigenvalue weighted by Crippen LogP contribution is 2.44. The molecule has 2 N–H and O–H groups in total. The van der Waals surface area contributed by atoms with Gasteiger partial charge in [0.05, 0.1) is 0 Å². The van der Waals surface area contributed by atoms with Crippen molar-refractivity contribution in [3.8, 4) is 12.3 Å². The highest BCUT2D eigenvalue weighted by Gasteiger charge is 2.56. The minimum absolute atomic E-state index is 0.145. The van der Waals surface area contributed by atoms with Crippen LogP contribution in [0.1, 0.15) is 49.0 Å². The maximum atomic E-state index is 14.4. The SMILES string of the molecule is C#CCC(C)CCC(=O)c1ccc(F)c([C@@]2(C)N=C(N)OCC2(F)F)c1. The van der Waals surface area contributed by atoms with Crippen LogP contribution in [0.3, 0.4) is 0 Å². The van der Waals surface area contributed by atoms with E-state index in [0.717, 1.165) is 19.1 Å². The fourth-order valence-electron chi connectivity index (χ4n) is 2.79. The molecule has 1 aromatic rings. The highest BCUT2D eigenvalue weighted by molar-refractivity contribution is 5.96. The second-order valence-corrected chi connectivity index (χ2v) is 6.69. The van der Waals surface area contributed by atoms with Crippen LogP contribution < -0.4 is 5.73 Å². The largest absolute Gasteiger partial charge is 0.459 e. The third-order valence-corrected chi connectivity index (χ3v) is 4.59. The summed E-state index contributed by atoms with van der Waals surface area (Å²) in [5.41, 5.74) is 2.91. The summed E-state index contributed by atoms with van der Waals surface area (Å²) in [5, 5.41) is 0. The number of alkyl halides is 2. The number of carbonyl (C=O) groups excluding carboxylic acids is 1. The Hall–Kier alpha value is -2.49. The second kappa shape index (κ2) is 7.40. The fraction of sp³-hybridized carbons (Fsp3) is 0.474. The molecule has 1 heterocycles. The summed E-state index contributed by atoms with van der Waals surface area (Å²) in [6.45, 7) is 1.98. The Kier molecular flexibility index (Phi) is 5.65. The van der Waals surface area contributed by atoms with Crippen LogP contribution in [0.5, 0.6) is 0 Å². The maximum absolute atomic E-state index is 14.4. The first-order valence-electron chi connectivity index (χ1n) is 8.23. The van der Waals surface area contributed by atoms with Crippen molar-refractivity contribution in [2.45, 2.75) is 44.6 Å². The molecule has 0 aromatic heterocycles. The molecule has 2 atom stereocenters. The molecule has 0 spiro atoms. The van der Waals surface area contributed by atoms with Gasteiger partial charge in [0.25, 0.3) is 6.02 Å². The lowest BCUT2D eigenvalue weighted by molar-refractivity contribution is -0.117. The van der Waals surface area contributed by atoms with Crippen molar-refractivity contribution in [1.29, 1.82) is 0 Å². The zero-order valence-electron chi connectivity index (χ0n) is 14.7. The van der Waals surface area contributed by atoms with Gasteiger partial charge in [0.2, 0.25) is 0 Å². The number of nitrogens with zero attached hydrogens (tertiary/aromatic N) is 1. The molecule has 1 aliphatic rings. The van der Waals surface area contributed by atoms with Crippen molar-refractivity contribution < 1.29 is 22.7 Å². The van der Waals surface area contributed by atoms with Crippen LogP contribution >= 0.6 is 0 Å². The zero-order chi connectivity index (χ0) is 19.5. The van der Waals surface area contributed by atoms with E-state index in [0.29, 0.717) is 12.8 Å². The van der Waals surface area contributed by atoms with Crippen molar-refractivity contribution in [2.75, 3.05) is 6.61 Å². The number of Topliss-reactive ketones (excluding diaryl/α,β-unsaturated/α-hetero) is 1. The molecule has 1 unspecified atom stereocenters. The van der Waals surface area contributed by atoms with Gasteiger partial charge in [-0.1, -0.05) is 6.92 Å². The minimum atomic E-state index is -3.49. The maximum Gasteiger partial charge on any atom is 0.310 e. The van der Waals surface area contributed by atoms with Gasteiger partial charge in [0.15, 0.2) is 17.9 Å². The number of ether oxygens (including phenoxy) is 1. The highest BCUT2D eigenvalue weighted by atomic mass is 19.3. The Morgan fingerprint density at radius 2 is 2.19 bits per heavy atom. The third kappa shape index (κ3) is 3.85. The number of carbonyl (C=O) groups is 1. The fourth-order valence-corrected chi connectivity index (χ4v) is 2.79. The molecule has 1 aromatic carbocycles. The summed E-state index contributed by atoms with van der Waals surface area (Å²) < 4.78 is 47.7. The summed E-state index contributed by atoms with van der Waals surface area (Å²) in [7, 11) is 0.